The van der Waals surface area contributed by atoms with Crippen LogP contribution in [0.1, 0.15) is 43.5 Å². The number of amides is 1. The van der Waals surface area contributed by atoms with Crippen LogP contribution in [0.15, 0.2) is 24.3 Å². The fraction of sp³-hybridized carbons (Fsp3) is 0.533. The summed E-state index contributed by atoms with van der Waals surface area (Å²) in [5.74, 6) is 0.0424. The van der Waals surface area contributed by atoms with E-state index in [4.69, 9.17) is 0 Å². The zero-order valence-electron chi connectivity index (χ0n) is 11.9. The van der Waals surface area contributed by atoms with Crippen molar-refractivity contribution in [2.75, 3.05) is 19.4 Å². The Labute approximate surface area is 110 Å². The molecule has 0 bridgehead atoms. The highest BCUT2D eigenvalue weighted by Gasteiger charge is 2.13. The average molecular weight is 248 g/mol. The van der Waals surface area contributed by atoms with Gasteiger partial charge in [-0.3, -0.25) is 4.79 Å². The van der Waals surface area contributed by atoms with Crippen LogP contribution in [0.3, 0.4) is 0 Å². The first-order chi connectivity index (χ1) is 8.56. The highest BCUT2D eigenvalue weighted by molar-refractivity contribution is 5.99. The van der Waals surface area contributed by atoms with Crippen molar-refractivity contribution in [2.45, 2.75) is 39.2 Å². The first-order valence-electron chi connectivity index (χ1n) is 6.63. The maximum absolute atomic E-state index is 12.0. The lowest BCUT2D eigenvalue weighted by molar-refractivity contribution is 0.0828. The summed E-state index contributed by atoms with van der Waals surface area (Å²) in [6.45, 7) is 4.35. The minimum Gasteiger partial charge on any atom is -0.382 e. The van der Waals surface area contributed by atoms with Crippen LogP contribution in [-0.2, 0) is 0 Å². The van der Waals surface area contributed by atoms with E-state index >= 15 is 0 Å². The molecule has 1 N–H and O–H groups in total. The molecular formula is C15H24N2O. The Balaban J connectivity index is 2.79. The SMILES string of the molecule is CCCCC(C)Nc1ccccc1C(=O)N(C)C. The largest absolute Gasteiger partial charge is 0.382 e. The second-order valence-electron chi connectivity index (χ2n) is 4.93. The van der Waals surface area contributed by atoms with E-state index in [2.05, 4.69) is 19.2 Å². The normalized spacial score (nSPS) is 12.0. The van der Waals surface area contributed by atoms with E-state index in [1.54, 1.807) is 19.0 Å². The molecule has 100 valence electrons. The van der Waals surface area contributed by atoms with Gasteiger partial charge in [0.1, 0.15) is 0 Å². The number of carbonyl (C=O) groups excluding carboxylic acids is 1. The van der Waals surface area contributed by atoms with E-state index in [-0.39, 0.29) is 5.91 Å². The summed E-state index contributed by atoms with van der Waals surface area (Å²) >= 11 is 0. The fourth-order valence-corrected chi connectivity index (χ4v) is 1.88. The van der Waals surface area contributed by atoms with E-state index in [9.17, 15) is 4.79 Å². The molecule has 0 radical (unpaired) electrons. The number of nitrogens with one attached hydrogen (secondary N) is 1. The van der Waals surface area contributed by atoms with Gasteiger partial charge >= 0.3 is 0 Å². The zero-order valence-corrected chi connectivity index (χ0v) is 11.9. The van der Waals surface area contributed by atoms with E-state index < -0.39 is 0 Å². The van der Waals surface area contributed by atoms with E-state index in [0.29, 0.717) is 6.04 Å². The molecule has 18 heavy (non-hydrogen) atoms. The summed E-state index contributed by atoms with van der Waals surface area (Å²) in [5, 5.41) is 3.43. The third-order valence-corrected chi connectivity index (χ3v) is 2.96. The molecule has 1 aromatic rings. The Kier molecular flexibility index (Phi) is 5.69. The summed E-state index contributed by atoms with van der Waals surface area (Å²) < 4.78 is 0. The third-order valence-electron chi connectivity index (χ3n) is 2.96. The summed E-state index contributed by atoms with van der Waals surface area (Å²) in [6.07, 6.45) is 3.53. The van der Waals surface area contributed by atoms with Crippen LogP contribution in [-0.4, -0.2) is 30.9 Å². The molecule has 1 aromatic carbocycles. The summed E-state index contributed by atoms with van der Waals surface area (Å²) in [6, 6.07) is 8.09. The van der Waals surface area contributed by atoms with E-state index in [0.717, 1.165) is 17.7 Å². The molecule has 0 aliphatic rings. The smallest absolute Gasteiger partial charge is 0.255 e. The number of rotatable bonds is 6. The van der Waals surface area contributed by atoms with Crippen molar-refractivity contribution < 1.29 is 4.79 Å². The minimum absolute atomic E-state index is 0.0424. The van der Waals surface area contributed by atoms with Gasteiger partial charge in [-0.15, -0.1) is 0 Å². The standard InChI is InChI=1S/C15H24N2O/c1-5-6-9-12(2)16-14-11-8-7-10-13(14)15(18)17(3)4/h7-8,10-12,16H,5-6,9H2,1-4H3. The lowest BCUT2D eigenvalue weighted by Gasteiger charge is -2.19. The van der Waals surface area contributed by atoms with Crippen molar-refractivity contribution in [3.05, 3.63) is 29.8 Å². The Hall–Kier alpha value is -1.51. The van der Waals surface area contributed by atoms with Gasteiger partial charge in [-0.1, -0.05) is 31.9 Å². The van der Waals surface area contributed by atoms with Crippen LogP contribution in [0.25, 0.3) is 0 Å². The highest BCUT2D eigenvalue weighted by Crippen LogP contribution is 2.18. The predicted molar refractivity (Wildman–Crippen MR) is 77.1 cm³/mol. The molecule has 0 aliphatic heterocycles. The van der Waals surface area contributed by atoms with Crippen LogP contribution < -0.4 is 5.32 Å². The Morgan fingerprint density at radius 2 is 2.00 bits per heavy atom. The van der Waals surface area contributed by atoms with Gasteiger partial charge in [-0.2, -0.15) is 0 Å². The molecule has 0 saturated carbocycles. The third kappa shape index (κ3) is 4.06. The van der Waals surface area contributed by atoms with Crippen molar-refractivity contribution >= 4 is 11.6 Å². The second-order valence-corrected chi connectivity index (χ2v) is 4.93. The summed E-state index contributed by atoms with van der Waals surface area (Å²) in [4.78, 5) is 13.7. The molecule has 1 unspecified atom stereocenters. The molecule has 3 heteroatoms. The lowest BCUT2D eigenvalue weighted by Crippen LogP contribution is -2.24. The van der Waals surface area contributed by atoms with Crippen LogP contribution in [0.4, 0.5) is 5.69 Å². The fourth-order valence-electron chi connectivity index (χ4n) is 1.88. The topological polar surface area (TPSA) is 32.3 Å². The van der Waals surface area contributed by atoms with Gasteiger partial charge in [0.2, 0.25) is 0 Å². The molecule has 0 aliphatic carbocycles. The number of hydrogen-bond acceptors (Lipinski definition) is 2. The lowest BCUT2D eigenvalue weighted by atomic mass is 10.1. The monoisotopic (exact) mass is 248 g/mol. The number of para-hydroxylation sites is 1. The predicted octanol–water partition coefficient (Wildman–Crippen LogP) is 3.38. The van der Waals surface area contributed by atoms with Crippen molar-refractivity contribution in [2.24, 2.45) is 0 Å². The number of unbranched alkanes of at least 4 members (excludes halogenated alkanes) is 1. The van der Waals surface area contributed by atoms with E-state index in [1.165, 1.54) is 12.8 Å². The highest BCUT2D eigenvalue weighted by atomic mass is 16.2. The Morgan fingerprint density at radius 1 is 1.33 bits per heavy atom. The van der Waals surface area contributed by atoms with Crippen LogP contribution in [0, 0.1) is 0 Å². The molecule has 0 heterocycles. The molecule has 1 atom stereocenters. The van der Waals surface area contributed by atoms with E-state index in [1.807, 2.05) is 24.3 Å². The maximum atomic E-state index is 12.0. The van der Waals surface area contributed by atoms with Gasteiger partial charge in [0.25, 0.3) is 5.91 Å². The quantitative estimate of drug-likeness (QED) is 0.837. The number of carbonyl (C=O) groups is 1. The van der Waals surface area contributed by atoms with Gasteiger partial charge in [-0.25, -0.2) is 0 Å². The molecule has 0 fully saturated rings. The summed E-state index contributed by atoms with van der Waals surface area (Å²) in [7, 11) is 3.55. The van der Waals surface area contributed by atoms with Crippen LogP contribution in [0.5, 0.6) is 0 Å². The van der Waals surface area contributed by atoms with Crippen molar-refractivity contribution in [1.82, 2.24) is 4.90 Å². The number of benzene rings is 1. The Bertz CT molecular complexity index is 388. The number of anilines is 1. The summed E-state index contributed by atoms with van der Waals surface area (Å²) in [5.41, 5.74) is 1.67. The van der Waals surface area contributed by atoms with Gasteiger partial charge in [0.15, 0.2) is 0 Å². The molecule has 0 saturated heterocycles. The molecule has 3 nitrogen and oxygen atoms in total. The molecule has 0 spiro atoms. The number of hydrogen-bond donors (Lipinski definition) is 1. The van der Waals surface area contributed by atoms with Gasteiger partial charge in [0, 0.05) is 25.8 Å². The van der Waals surface area contributed by atoms with Crippen molar-refractivity contribution in [3.63, 3.8) is 0 Å². The molecule has 1 rings (SSSR count). The molecule has 1 amide bonds. The Morgan fingerprint density at radius 3 is 2.61 bits per heavy atom. The molecule has 0 aromatic heterocycles. The van der Waals surface area contributed by atoms with Gasteiger partial charge < -0.3 is 10.2 Å². The first-order valence-corrected chi connectivity index (χ1v) is 6.63. The van der Waals surface area contributed by atoms with Crippen LogP contribution >= 0.6 is 0 Å². The maximum Gasteiger partial charge on any atom is 0.255 e. The molecular weight excluding hydrogens is 224 g/mol. The zero-order chi connectivity index (χ0) is 13.5. The van der Waals surface area contributed by atoms with Gasteiger partial charge in [-0.05, 0) is 25.5 Å². The number of nitrogens with zero attached hydrogens (tertiary/aromatic N) is 1. The first kappa shape index (κ1) is 14.6. The van der Waals surface area contributed by atoms with Crippen LogP contribution in [0.2, 0.25) is 0 Å². The average Bonchev–Trinajstić information content (AvgIpc) is 2.36. The van der Waals surface area contributed by atoms with Crippen molar-refractivity contribution in [1.29, 1.82) is 0 Å². The van der Waals surface area contributed by atoms with Gasteiger partial charge in [0.05, 0.1) is 5.56 Å². The minimum atomic E-state index is 0.0424. The van der Waals surface area contributed by atoms with Crippen molar-refractivity contribution in [3.8, 4) is 0 Å². The second kappa shape index (κ2) is 7.04.